The van der Waals surface area contributed by atoms with Gasteiger partial charge in [0, 0.05) is 29.3 Å². The molecule has 5 nitrogen and oxygen atoms in total. The maximum Gasteiger partial charge on any atom is 0.226 e. The van der Waals surface area contributed by atoms with E-state index in [0.717, 1.165) is 34.5 Å². The second kappa shape index (κ2) is 8.65. The van der Waals surface area contributed by atoms with Gasteiger partial charge in [0.05, 0.1) is 5.69 Å². The van der Waals surface area contributed by atoms with Crippen LogP contribution in [0.2, 0.25) is 0 Å². The van der Waals surface area contributed by atoms with E-state index in [2.05, 4.69) is 47.7 Å². The molecule has 0 atom stereocenters. The van der Waals surface area contributed by atoms with Gasteiger partial charge in [-0.3, -0.25) is 9.59 Å². The van der Waals surface area contributed by atoms with Gasteiger partial charge >= 0.3 is 0 Å². The van der Waals surface area contributed by atoms with Gasteiger partial charge in [-0.1, -0.05) is 30.5 Å². The average molecular weight is 386 g/mol. The molecule has 1 aromatic carbocycles. The third kappa shape index (κ3) is 5.16. The minimum atomic E-state index is -0.169. The Morgan fingerprint density at radius 3 is 2.56 bits per heavy atom. The van der Waals surface area contributed by atoms with Crippen molar-refractivity contribution in [3.63, 3.8) is 0 Å². The van der Waals surface area contributed by atoms with Gasteiger partial charge in [-0.05, 0) is 45.2 Å². The van der Waals surface area contributed by atoms with E-state index in [1.807, 2.05) is 6.92 Å². The van der Waals surface area contributed by atoms with Crippen LogP contribution in [-0.4, -0.2) is 22.8 Å². The van der Waals surface area contributed by atoms with Gasteiger partial charge in [-0.25, -0.2) is 4.98 Å². The summed E-state index contributed by atoms with van der Waals surface area (Å²) in [7, 11) is 0. The summed E-state index contributed by atoms with van der Waals surface area (Å²) in [5.41, 5.74) is 4.35. The number of rotatable bonds is 6. The summed E-state index contributed by atoms with van der Waals surface area (Å²) in [5, 5.41) is 6.44. The van der Waals surface area contributed by atoms with Crippen molar-refractivity contribution < 1.29 is 9.59 Å². The summed E-state index contributed by atoms with van der Waals surface area (Å²) in [6.07, 6.45) is 4.86. The molecule has 0 unspecified atom stereocenters. The third-order valence-electron chi connectivity index (χ3n) is 4.99. The number of hydrogen-bond donors (Lipinski definition) is 2. The summed E-state index contributed by atoms with van der Waals surface area (Å²) in [6, 6.07) is 6.59. The van der Waals surface area contributed by atoms with E-state index in [1.165, 1.54) is 29.7 Å². The highest BCUT2D eigenvalue weighted by molar-refractivity contribution is 7.16. The van der Waals surface area contributed by atoms with Gasteiger partial charge in [0.1, 0.15) is 0 Å². The van der Waals surface area contributed by atoms with Crippen molar-refractivity contribution in [3.8, 4) is 11.3 Å². The largest absolute Gasteiger partial charge is 0.353 e. The average Bonchev–Trinajstić information content (AvgIpc) is 3.25. The molecule has 2 amide bonds. The molecule has 0 spiro atoms. The summed E-state index contributed by atoms with van der Waals surface area (Å²) in [5.74, 6) is -0.207. The molecule has 0 bridgehead atoms. The fraction of sp³-hybridized carbons (Fsp3) is 0.476. The highest BCUT2D eigenvalue weighted by Crippen LogP contribution is 2.32. The fourth-order valence-electron chi connectivity index (χ4n) is 3.47. The van der Waals surface area contributed by atoms with Crippen LogP contribution in [-0.2, 0) is 9.59 Å². The molecule has 1 saturated carbocycles. The standard InChI is InChI=1S/C21H27N3O2S/c1-13-8-9-14(2)17(12-13)20-15(3)27-21(24-20)23-19(26)11-10-18(25)22-16-6-4-5-7-16/h8-9,12,16H,4-7,10-11H2,1-3H3,(H,22,25)(H,23,24,26). The molecule has 1 heterocycles. The van der Waals surface area contributed by atoms with Crippen molar-refractivity contribution >= 4 is 28.3 Å². The molecule has 0 aliphatic heterocycles. The highest BCUT2D eigenvalue weighted by atomic mass is 32.1. The van der Waals surface area contributed by atoms with E-state index >= 15 is 0 Å². The predicted molar refractivity (Wildman–Crippen MR) is 110 cm³/mol. The first-order valence-corrected chi connectivity index (χ1v) is 10.4. The van der Waals surface area contributed by atoms with Crippen LogP contribution in [0.5, 0.6) is 0 Å². The summed E-state index contributed by atoms with van der Waals surface area (Å²) < 4.78 is 0. The maximum atomic E-state index is 12.2. The van der Waals surface area contributed by atoms with Gasteiger partial charge in [0.25, 0.3) is 0 Å². The first-order valence-electron chi connectivity index (χ1n) is 9.56. The lowest BCUT2D eigenvalue weighted by Gasteiger charge is -2.11. The number of aryl methyl sites for hydroxylation is 3. The number of amides is 2. The van der Waals surface area contributed by atoms with E-state index in [1.54, 1.807) is 0 Å². The highest BCUT2D eigenvalue weighted by Gasteiger charge is 2.18. The van der Waals surface area contributed by atoms with E-state index in [-0.39, 0.29) is 24.7 Å². The van der Waals surface area contributed by atoms with Gasteiger partial charge < -0.3 is 10.6 Å². The minimum absolute atomic E-state index is 0.0385. The normalized spacial score (nSPS) is 14.3. The molecule has 1 aliphatic rings. The Balaban J connectivity index is 1.57. The van der Waals surface area contributed by atoms with Crippen LogP contribution in [0, 0.1) is 20.8 Å². The van der Waals surface area contributed by atoms with E-state index < -0.39 is 0 Å². The maximum absolute atomic E-state index is 12.2. The van der Waals surface area contributed by atoms with E-state index in [9.17, 15) is 9.59 Å². The van der Waals surface area contributed by atoms with Crippen LogP contribution in [0.4, 0.5) is 5.13 Å². The molecule has 27 heavy (non-hydrogen) atoms. The Labute approximate surface area is 164 Å². The van der Waals surface area contributed by atoms with Crippen LogP contribution in [0.3, 0.4) is 0 Å². The van der Waals surface area contributed by atoms with Crippen LogP contribution < -0.4 is 10.6 Å². The summed E-state index contributed by atoms with van der Waals surface area (Å²) >= 11 is 1.47. The molecule has 0 radical (unpaired) electrons. The molecule has 6 heteroatoms. The van der Waals surface area contributed by atoms with E-state index in [0.29, 0.717) is 11.2 Å². The number of nitrogens with zero attached hydrogens (tertiary/aromatic N) is 1. The Hall–Kier alpha value is -2.21. The zero-order valence-electron chi connectivity index (χ0n) is 16.2. The molecule has 1 aliphatic carbocycles. The molecular formula is C21H27N3O2S. The second-order valence-electron chi connectivity index (χ2n) is 7.34. The third-order valence-corrected chi connectivity index (χ3v) is 5.88. The molecule has 144 valence electrons. The molecule has 2 N–H and O–H groups in total. The number of aromatic nitrogens is 1. The second-order valence-corrected chi connectivity index (χ2v) is 8.54. The number of carbonyl (C=O) groups excluding carboxylic acids is 2. The molecule has 1 fully saturated rings. The summed E-state index contributed by atoms with van der Waals surface area (Å²) in [4.78, 5) is 29.9. The molecule has 0 saturated heterocycles. The molecular weight excluding hydrogens is 358 g/mol. The number of benzene rings is 1. The topological polar surface area (TPSA) is 71.1 Å². The monoisotopic (exact) mass is 385 g/mol. The Morgan fingerprint density at radius 2 is 1.81 bits per heavy atom. The van der Waals surface area contributed by atoms with Crippen molar-refractivity contribution in [2.24, 2.45) is 0 Å². The van der Waals surface area contributed by atoms with Gasteiger partial charge in [0.2, 0.25) is 11.8 Å². The van der Waals surface area contributed by atoms with Crippen molar-refractivity contribution in [3.05, 3.63) is 34.2 Å². The first-order chi connectivity index (χ1) is 12.9. The Kier molecular flexibility index (Phi) is 6.26. The minimum Gasteiger partial charge on any atom is -0.353 e. The quantitative estimate of drug-likeness (QED) is 0.768. The molecule has 2 aromatic rings. The summed E-state index contributed by atoms with van der Waals surface area (Å²) in [6.45, 7) is 6.14. The van der Waals surface area contributed by atoms with E-state index in [4.69, 9.17) is 0 Å². The van der Waals surface area contributed by atoms with Crippen molar-refractivity contribution in [2.45, 2.75) is 65.3 Å². The number of thiazole rings is 1. The number of carbonyl (C=O) groups is 2. The van der Waals surface area contributed by atoms with Gasteiger partial charge in [-0.2, -0.15) is 0 Å². The number of hydrogen-bond acceptors (Lipinski definition) is 4. The first kappa shape index (κ1) is 19.5. The number of anilines is 1. The SMILES string of the molecule is Cc1ccc(C)c(-c2nc(NC(=O)CCC(=O)NC3CCCC3)sc2C)c1. The van der Waals surface area contributed by atoms with Gasteiger partial charge in [-0.15, -0.1) is 11.3 Å². The predicted octanol–water partition coefficient (Wildman–Crippen LogP) is 4.51. The van der Waals surface area contributed by atoms with Crippen LogP contribution in [0.1, 0.15) is 54.5 Å². The zero-order valence-corrected chi connectivity index (χ0v) is 17.0. The zero-order chi connectivity index (χ0) is 19.4. The fourth-order valence-corrected chi connectivity index (χ4v) is 4.31. The van der Waals surface area contributed by atoms with Crippen molar-refractivity contribution in [2.75, 3.05) is 5.32 Å². The molecule has 3 rings (SSSR count). The van der Waals surface area contributed by atoms with Crippen LogP contribution in [0.25, 0.3) is 11.3 Å². The van der Waals surface area contributed by atoms with Crippen LogP contribution in [0.15, 0.2) is 18.2 Å². The Morgan fingerprint density at radius 1 is 1.11 bits per heavy atom. The van der Waals surface area contributed by atoms with Crippen LogP contribution >= 0.6 is 11.3 Å². The molecule has 1 aromatic heterocycles. The van der Waals surface area contributed by atoms with Gasteiger partial charge in [0.15, 0.2) is 5.13 Å². The lowest BCUT2D eigenvalue weighted by Crippen LogP contribution is -2.33. The Bertz CT molecular complexity index is 838. The lowest BCUT2D eigenvalue weighted by atomic mass is 10.0. The smallest absolute Gasteiger partial charge is 0.226 e. The van der Waals surface area contributed by atoms with Crippen molar-refractivity contribution in [1.82, 2.24) is 10.3 Å². The van der Waals surface area contributed by atoms with Crippen molar-refractivity contribution in [1.29, 1.82) is 0 Å². The number of nitrogens with one attached hydrogen (secondary N) is 2. The lowest BCUT2D eigenvalue weighted by molar-refractivity contribution is -0.124.